The van der Waals surface area contributed by atoms with E-state index in [9.17, 15) is 4.79 Å². The van der Waals surface area contributed by atoms with Crippen molar-refractivity contribution in [1.82, 2.24) is 4.98 Å². The monoisotopic (exact) mass is 233 g/mol. The number of hydrogen-bond acceptors (Lipinski definition) is 4. The predicted molar refractivity (Wildman–Crippen MR) is 65.7 cm³/mol. The number of hydrogen-bond donors (Lipinski definition) is 2. The van der Waals surface area contributed by atoms with Crippen molar-refractivity contribution < 1.29 is 4.79 Å². The molecule has 0 aliphatic rings. The number of carbonyl (C=O) groups is 1. The highest BCUT2D eigenvalue weighted by atomic mass is 32.1. The molecule has 0 aliphatic heterocycles. The van der Waals surface area contributed by atoms with Gasteiger partial charge in [-0.3, -0.25) is 4.79 Å². The molecule has 5 heteroatoms. The minimum absolute atomic E-state index is 0.234. The zero-order chi connectivity index (χ0) is 11.5. The molecule has 4 nitrogen and oxygen atoms in total. The predicted octanol–water partition coefficient (Wildman–Crippen LogP) is 2.29. The molecule has 3 N–H and O–H groups in total. The van der Waals surface area contributed by atoms with Gasteiger partial charge in [0.2, 0.25) is 0 Å². The van der Waals surface area contributed by atoms with Gasteiger partial charge in [0.1, 0.15) is 5.69 Å². The summed E-state index contributed by atoms with van der Waals surface area (Å²) >= 11 is 1.44. The van der Waals surface area contributed by atoms with Crippen molar-refractivity contribution in [3.05, 3.63) is 40.3 Å². The van der Waals surface area contributed by atoms with E-state index < -0.39 is 0 Å². The summed E-state index contributed by atoms with van der Waals surface area (Å²) in [5.41, 5.74) is 7.30. The number of thiazole rings is 1. The maximum atomic E-state index is 11.8. The molecule has 0 bridgehead atoms. The summed E-state index contributed by atoms with van der Waals surface area (Å²) in [7, 11) is 0. The molecule has 2 aromatic rings. The van der Waals surface area contributed by atoms with Crippen molar-refractivity contribution in [2.24, 2.45) is 0 Å². The first-order chi connectivity index (χ1) is 7.66. The van der Waals surface area contributed by atoms with Crippen LogP contribution in [0.1, 0.15) is 15.5 Å². The van der Waals surface area contributed by atoms with E-state index in [1.807, 2.05) is 19.1 Å². The van der Waals surface area contributed by atoms with Gasteiger partial charge in [0.05, 0.1) is 16.4 Å². The number of aromatic nitrogens is 1. The molecule has 1 amide bonds. The van der Waals surface area contributed by atoms with Gasteiger partial charge >= 0.3 is 0 Å². The number of nitrogen functional groups attached to an aromatic ring is 1. The fraction of sp³-hybridized carbons (Fsp3) is 0.0909. The Labute approximate surface area is 97.1 Å². The SMILES string of the molecule is Cc1nc(C(=O)Nc2ccccc2N)cs1. The van der Waals surface area contributed by atoms with E-state index in [4.69, 9.17) is 5.73 Å². The van der Waals surface area contributed by atoms with E-state index >= 15 is 0 Å². The number of benzene rings is 1. The molecule has 0 saturated heterocycles. The maximum absolute atomic E-state index is 11.8. The normalized spacial score (nSPS) is 10.1. The van der Waals surface area contributed by atoms with E-state index in [-0.39, 0.29) is 5.91 Å². The Bertz CT molecular complexity index is 521. The first-order valence-electron chi connectivity index (χ1n) is 4.75. The molecule has 0 saturated carbocycles. The van der Waals surface area contributed by atoms with Crippen molar-refractivity contribution in [3.8, 4) is 0 Å². The summed E-state index contributed by atoms with van der Waals surface area (Å²) < 4.78 is 0. The number of para-hydroxylation sites is 2. The standard InChI is InChI=1S/C11H11N3OS/c1-7-13-10(6-16-7)11(15)14-9-5-3-2-4-8(9)12/h2-6H,12H2,1H3,(H,14,15). The van der Waals surface area contributed by atoms with Crippen LogP contribution in [0.4, 0.5) is 11.4 Å². The van der Waals surface area contributed by atoms with Crippen molar-refractivity contribution in [3.63, 3.8) is 0 Å². The van der Waals surface area contributed by atoms with Gasteiger partial charge in [0.25, 0.3) is 5.91 Å². The topological polar surface area (TPSA) is 68.0 Å². The lowest BCUT2D eigenvalue weighted by Crippen LogP contribution is -2.13. The molecule has 0 radical (unpaired) electrons. The third-order valence-electron chi connectivity index (χ3n) is 2.06. The molecule has 0 atom stereocenters. The number of rotatable bonds is 2. The van der Waals surface area contributed by atoms with Gasteiger partial charge in [0, 0.05) is 5.38 Å². The van der Waals surface area contributed by atoms with E-state index in [2.05, 4.69) is 10.3 Å². The minimum Gasteiger partial charge on any atom is -0.397 e. The fourth-order valence-corrected chi connectivity index (χ4v) is 1.86. The second-order valence-electron chi connectivity index (χ2n) is 3.29. The third-order valence-corrected chi connectivity index (χ3v) is 2.83. The fourth-order valence-electron chi connectivity index (χ4n) is 1.26. The highest BCUT2D eigenvalue weighted by Crippen LogP contribution is 2.18. The Morgan fingerprint density at radius 1 is 1.44 bits per heavy atom. The molecule has 2 rings (SSSR count). The molecule has 0 fully saturated rings. The number of aryl methyl sites for hydroxylation is 1. The zero-order valence-electron chi connectivity index (χ0n) is 8.73. The molecular weight excluding hydrogens is 222 g/mol. The Kier molecular flexibility index (Phi) is 2.87. The second-order valence-corrected chi connectivity index (χ2v) is 4.36. The lowest BCUT2D eigenvalue weighted by Gasteiger charge is -2.05. The van der Waals surface area contributed by atoms with Crippen LogP contribution < -0.4 is 11.1 Å². The Balaban J connectivity index is 2.17. The summed E-state index contributed by atoms with van der Waals surface area (Å²) in [6, 6.07) is 7.13. The quantitative estimate of drug-likeness (QED) is 0.782. The van der Waals surface area contributed by atoms with Crippen molar-refractivity contribution in [2.45, 2.75) is 6.92 Å². The van der Waals surface area contributed by atoms with Crippen LogP contribution in [0.25, 0.3) is 0 Å². The molecule has 0 aliphatic carbocycles. The van der Waals surface area contributed by atoms with Gasteiger partial charge < -0.3 is 11.1 Å². The molecule has 0 unspecified atom stereocenters. The minimum atomic E-state index is -0.234. The second kappa shape index (κ2) is 4.32. The third kappa shape index (κ3) is 2.20. The Morgan fingerprint density at radius 2 is 2.19 bits per heavy atom. The molecular formula is C11H11N3OS. The van der Waals surface area contributed by atoms with Crippen LogP contribution in [0.3, 0.4) is 0 Å². The summed E-state index contributed by atoms with van der Waals surface area (Å²) in [5, 5.41) is 5.31. The Hall–Kier alpha value is -1.88. The molecule has 0 spiro atoms. The summed E-state index contributed by atoms with van der Waals surface area (Å²) in [6.07, 6.45) is 0. The first-order valence-corrected chi connectivity index (χ1v) is 5.63. The van der Waals surface area contributed by atoms with Crippen LogP contribution in [-0.2, 0) is 0 Å². The van der Waals surface area contributed by atoms with Crippen LogP contribution in [0.2, 0.25) is 0 Å². The summed E-state index contributed by atoms with van der Waals surface area (Å²) in [6.45, 7) is 1.86. The van der Waals surface area contributed by atoms with Gasteiger partial charge in [-0.25, -0.2) is 4.98 Å². The van der Waals surface area contributed by atoms with Gasteiger partial charge in [-0.2, -0.15) is 0 Å². The van der Waals surface area contributed by atoms with Crippen molar-refractivity contribution in [1.29, 1.82) is 0 Å². The average molecular weight is 233 g/mol. The van der Waals surface area contributed by atoms with Crippen molar-refractivity contribution >= 4 is 28.6 Å². The molecule has 1 aromatic heterocycles. The van der Waals surface area contributed by atoms with Crippen LogP contribution in [0.15, 0.2) is 29.6 Å². The average Bonchev–Trinajstić information content (AvgIpc) is 2.68. The van der Waals surface area contributed by atoms with Crippen LogP contribution >= 0.6 is 11.3 Å². The number of nitrogens with two attached hydrogens (primary N) is 1. The van der Waals surface area contributed by atoms with Crippen LogP contribution in [0, 0.1) is 6.92 Å². The number of amides is 1. The first kappa shape index (κ1) is 10.6. The molecule has 82 valence electrons. The highest BCUT2D eigenvalue weighted by molar-refractivity contribution is 7.09. The smallest absolute Gasteiger partial charge is 0.275 e. The largest absolute Gasteiger partial charge is 0.397 e. The number of carbonyl (C=O) groups excluding carboxylic acids is 1. The van der Waals surface area contributed by atoms with Gasteiger partial charge in [-0.15, -0.1) is 11.3 Å². The van der Waals surface area contributed by atoms with E-state index in [0.717, 1.165) is 5.01 Å². The van der Waals surface area contributed by atoms with Gasteiger partial charge in [0.15, 0.2) is 0 Å². The van der Waals surface area contributed by atoms with Crippen molar-refractivity contribution in [2.75, 3.05) is 11.1 Å². The molecule has 1 aromatic carbocycles. The number of anilines is 2. The van der Waals surface area contributed by atoms with Crippen LogP contribution in [0.5, 0.6) is 0 Å². The summed E-state index contributed by atoms with van der Waals surface area (Å²) in [4.78, 5) is 15.9. The Morgan fingerprint density at radius 3 is 2.81 bits per heavy atom. The zero-order valence-corrected chi connectivity index (χ0v) is 9.54. The van der Waals surface area contributed by atoms with E-state index in [1.165, 1.54) is 11.3 Å². The van der Waals surface area contributed by atoms with E-state index in [1.54, 1.807) is 17.5 Å². The van der Waals surface area contributed by atoms with Gasteiger partial charge in [-0.1, -0.05) is 12.1 Å². The maximum Gasteiger partial charge on any atom is 0.275 e. The van der Waals surface area contributed by atoms with Gasteiger partial charge in [-0.05, 0) is 19.1 Å². The van der Waals surface area contributed by atoms with E-state index in [0.29, 0.717) is 17.1 Å². The number of nitrogens with zero attached hydrogens (tertiary/aromatic N) is 1. The number of nitrogens with one attached hydrogen (secondary N) is 1. The lowest BCUT2D eigenvalue weighted by molar-refractivity contribution is 0.102. The van der Waals surface area contributed by atoms with Crippen LogP contribution in [-0.4, -0.2) is 10.9 Å². The molecule has 1 heterocycles. The summed E-state index contributed by atoms with van der Waals surface area (Å²) in [5.74, 6) is -0.234. The molecule has 16 heavy (non-hydrogen) atoms. The highest BCUT2D eigenvalue weighted by Gasteiger charge is 2.10. The lowest BCUT2D eigenvalue weighted by atomic mass is 10.2.